The van der Waals surface area contributed by atoms with E-state index in [2.05, 4.69) is 15.1 Å². The molecule has 3 aromatic heterocycles. The summed E-state index contributed by atoms with van der Waals surface area (Å²) in [5.74, 6) is 1.09. The van der Waals surface area contributed by atoms with Crippen molar-refractivity contribution in [2.75, 3.05) is 6.61 Å². The van der Waals surface area contributed by atoms with Gasteiger partial charge in [-0.05, 0) is 35.9 Å². The third-order valence-electron chi connectivity index (χ3n) is 4.61. The van der Waals surface area contributed by atoms with E-state index in [9.17, 15) is 5.11 Å². The second-order valence-electron chi connectivity index (χ2n) is 6.71. The third kappa shape index (κ3) is 4.18. The van der Waals surface area contributed by atoms with Crippen LogP contribution in [0.3, 0.4) is 0 Å². The minimum absolute atomic E-state index is 0.143. The first kappa shape index (κ1) is 20.0. The second-order valence-corrected chi connectivity index (χ2v) is 7.15. The SMILES string of the molecule is Cn1nc(-c2ccccn2)cc1Oc1cc(Cl)ccc1-c1ccc([C@@H](N)CO)cn1. The van der Waals surface area contributed by atoms with Gasteiger partial charge >= 0.3 is 0 Å². The summed E-state index contributed by atoms with van der Waals surface area (Å²) in [5.41, 5.74) is 9.54. The van der Waals surface area contributed by atoms with Gasteiger partial charge in [-0.3, -0.25) is 9.97 Å². The van der Waals surface area contributed by atoms with Crippen molar-refractivity contribution in [3.8, 4) is 34.3 Å². The number of ether oxygens (including phenoxy) is 1. The van der Waals surface area contributed by atoms with Gasteiger partial charge in [0.1, 0.15) is 11.4 Å². The molecule has 7 nitrogen and oxygen atoms in total. The normalized spacial score (nSPS) is 12.0. The summed E-state index contributed by atoms with van der Waals surface area (Å²) in [6, 6.07) is 16.0. The highest BCUT2D eigenvalue weighted by Crippen LogP contribution is 2.35. The number of aromatic nitrogens is 4. The fraction of sp³-hybridized carbons (Fsp3) is 0.136. The van der Waals surface area contributed by atoms with Crippen LogP contribution in [0.2, 0.25) is 5.02 Å². The number of hydrogen-bond donors (Lipinski definition) is 2. The molecule has 8 heteroatoms. The van der Waals surface area contributed by atoms with Crippen molar-refractivity contribution in [3.05, 3.63) is 77.6 Å². The number of nitrogens with two attached hydrogens (primary N) is 1. The van der Waals surface area contributed by atoms with E-state index in [0.717, 1.165) is 16.8 Å². The van der Waals surface area contributed by atoms with Crippen molar-refractivity contribution >= 4 is 11.6 Å². The number of rotatable bonds is 6. The number of pyridine rings is 2. The highest BCUT2D eigenvalue weighted by atomic mass is 35.5. The lowest BCUT2D eigenvalue weighted by molar-refractivity contribution is 0.268. The predicted molar refractivity (Wildman–Crippen MR) is 115 cm³/mol. The van der Waals surface area contributed by atoms with Gasteiger partial charge in [-0.25, -0.2) is 4.68 Å². The maximum absolute atomic E-state index is 9.22. The topological polar surface area (TPSA) is 99.1 Å². The summed E-state index contributed by atoms with van der Waals surface area (Å²) in [4.78, 5) is 8.81. The number of hydrogen-bond acceptors (Lipinski definition) is 6. The molecule has 0 aliphatic carbocycles. The molecule has 0 fully saturated rings. The Labute approximate surface area is 178 Å². The van der Waals surface area contributed by atoms with Crippen molar-refractivity contribution in [1.82, 2.24) is 19.7 Å². The van der Waals surface area contributed by atoms with Crippen molar-refractivity contribution in [1.29, 1.82) is 0 Å². The van der Waals surface area contributed by atoms with E-state index in [0.29, 0.717) is 28.0 Å². The quantitative estimate of drug-likeness (QED) is 0.488. The maximum Gasteiger partial charge on any atom is 0.218 e. The first-order valence-corrected chi connectivity index (χ1v) is 9.68. The lowest BCUT2D eigenvalue weighted by Crippen LogP contribution is -2.14. The van der Waals surface area contributed by atoms with Gasteiger partial charge in [0, 0.05) is 42.2 Å². The summed E-state index contributed by atoms with van der Waals surface area (Å²) in [6.07, 6.45) is 3.37. The highest BCUT2D eigenvalue weighted by Gasteiger charge is 2.15. The van der Waals surface area contributed by atoms with E-state index in [4.69, 9.17) is 22.1 Å². The standard InChI is InChI=1S/C22H20ClN5O2/c1-28-22(11-20(27-28)19-4-2-3-9-25-19)30-21-10-15(23)6-7-16(21)18-8-5-14(12-26-18)17(24)13-29/h2-12,17,29H,13,24H2,1H3/t17-/m0/s1. The van der Waals surface area contributed by atoms with Crippen molar-refractivity contribution in [2.24, 2.45) is 12.8 Å². The van der Waals surface area contributed by atoms with Gasteiger partial charge < -0.3 is 15.6 Å². The molecule has 3 heterocycles. The lowest BCUT2D eigenvalue weighted by Gasteiger charge is -2.13. The van der Waals surface area contributed by atoms with Crippen LogP contribution in [-0.2, 0) is 7.05 Å². The molecule has 4 rings (SSSR count). The van der Waals surface area contributed by atoms with Crippen molar-refractivity contribution < 1.29 is 9.84 Å². The van der Waals surface area contributed by atoms with Gasteiger partial charge in [-0.2, -0.15) is 5.10 Å². The Balaban J connectivity index is 1.67. The van der Waals surface area contributed by atoms with E-state index >= 15 is 0 Å². The van der Waals surface area contributed by atoms with Crippen LogP contribution in [0.4, 0.5) is 0 Å². The smallest absolute Gasteiger partial charge is 0.218 e. The first-order valence-electron chi connectivity index (χ1n) is 9.31. The molecule has 152 valence electrons. The zero-order chi connectivity index (χ0) is 21.1. The van der Waals surface area contributed by atoms with Crippen LogP contribution in [0.5, 0.6) is 11.6 Å². The average molecular weight is 422 g/mol. The largest absolute Gasteiger partial charge is 0.439 e. The zero-order valence-corrected chi connectivity index (χ0v) is 17.0. The van der Waals surface area contributed by atoms with Crippen LogP contribution in [0.25, 0.3) is 22.6 Å². The molecule has 3 N–H and O–H groups in total. The van der Waals surface area contributed by atoms with Crippen LogP contribution < -0.4 is 10.5 Å². The Kier molecular flexibility index (Phi) is 5.76. The van der Waals surface area contributed by atoms with E-state index in [1.807, 2.05) is 42.5 Å². The Morgan fingerprint density at radius 2 is 1.93 bits per heavy atom. The van der Waals surface area contributed by atoms with Gasteiger partial charge in [-0.1, -0.05) is 23.7 Å². The molecule has 0 bridgehead atoms. The molecular formula is C22H20ClN5O2. The van der Waals surface area contributed by atoms with Crippen molar-refractivity contribution in [3.63, 3.8) is 0 Å². The highest BCUT2D eigenvalue weighted by molar-refractivity contribution is 6.30. The minimum atomic E-state index is -0.466. The molecule has 0 aliphatic heterocycles. The molecule has 0 amide bonds. The zero-order valence-electron chi connectivity index (χ0n) is 16.2. The second kappa shape index (κ2) is 8.62. The predicted octanol–water partition coefficient (Wildman–Crippen LogP) is 3.98. The summed E-state index contributed by atoms with van der Waals surface area (Å²) < 4.78 is 7.80. The molecule has 1 aromatic carbocycles. The molecule has 30 heavy (non-hydrogen) atoms. The van der Waals surface area contributed by atoms with Crippen LogP contribution in [-0.4, -0.2) is 31.5 Å². The number of nitrogens with zero attached hydrogens (tertiary/aromatic N) is 4. The average Bonchev–Trinajstić information content (AvgIpc) is 3.14. The minimum Gasteiger partial charge on any atom is -0.439 e. The van der Waals surface area contributed by atoms with Gasteiger partial charge in [0.15, 0.2) is 0 Å². The van der Waals surface area contributed by atoms with E-state index in [1.54, 1.807) is 36.3 Å². The van der Waals surface area contributed by atoms with Crippen LogP contribution >= 0.6 is 11.6 Å². The maximum atomic E-state index is 9.22. The first-order chi connectivity index (χ1) is 14.5. The molecule has 0 saturated heterocycles. The molecule has 0 spiro atoms. The van der Waals surface area contributed by atoms with Gasteiger partial charge in [0.2, 0.25) is 5.88 Å². The van der Waals surface area contributed by atoms with Gasteiger partial charge in [0.25, 0.3) is 0 Å². The Hall–Kier alpha value is -3.26. The Morgan fingerprint density at radius 3 is 2.63 bits per heavy atom. The number of aliphatic hydroxyl groups is 1. The third-order valence-corrected chi connectivity index (χ3v) is 4.84. The summed E-state index contributed by atoms with van der Waals surface area (Å²) in [5, 5.41) is 14.3. The molecule has 1 atom stereocenters. The number of halogens is 1. The van der Waals surface area contributed by atoms with Crippen LogP contribution in [0.15, 0.2) is 67.0 Å². The van der Waals surface area contributed by atoms with Gasteiger partial charge in [0.05, 0.1) is 24.0 Å². The van der Waals surface area contributed by atoms with Crippen LogP contribution in [0, 0.1) is 0 Å². The van der Waals surface area contributed by atoms with Crippen LogP contribution in [0.1, 0.15) is 11.6 Å². The number of aryl methyl sites for hydroxylation is 1. The van der Waals surface area contributed by atoms with E-state index in [-0.39, 0.29) is 6.61 Å². The number of aliphatic hydroxyl groups excluding tert-OH is 1. The van der Waals surface area contributed by atoms with Gasteiger partial charge in [-0.15, -0.1) is 0 Å². The molecular weight excluding hydrogens is 402 g/mol. The molecule has 0 aliphatic rings. The molecule has 4 aromatic rings. The summed E-state index contributed by atoms with van der Waals surface area (Å²) >= 11 is 6.22. The fourth-order valence-corrected chi connectivity index (χ4v) is 3.14. The Morgan fingerprint density at radius 1 is 1.07 bits per heavy atom. The summed E-state index contributed by atoms with van der Waals surface area (Å²) in [6.45, 7) is -0.143. The number of benzene rings is 1. The summed E-state index contributed by atoms with van der Waals surface area (Å²) in [7, 11) is 1.80. The lowest BCUT2D eigenvalue weighted by atomic mass is 10.1. The Bertz CT molecular complexity index is 1150. The molecule has 0 radical (unpaired) electrons. The monoisotopic (exact) mass is 421 g/mol. The van der Waals surface area contributed by atoms with Crippen molar-refractivity contribution in [2.45, 2.75) is 6.04 Å². The fourth-order valence-electron chi connectivity index (χ4n) is 2.98. The molecule has 0 unspecified atom stereocenters. The van der Waals surface area contributed by atoms with E-state index in [1.165, 1.54) is 0 Å². The molecule has 0 saturated carbocycles. The van der Waals surface area contributed by atoms with E-state index < -0.39 is 6.04 Å².